The second kappa shape index (κ2) is 10.7. The summed E-state index contributed by atoms with van der Waals surface area (Å²) in [5.74, 6) is 1.44. The summed E-state index contributed by atoms with van der Waals surface area (Å²) >= 11 is 0. The number of benzene rings is 2. The number of fused-ring (bicyclic) bond motifs is 1. The van der Waals surface area contributed by atoms with Crippen molar-refractivity contribution < 1.29 is 9.59 Å². The SMILES string of the molecule is O=C(NC1CCCCC1)C(C1CCCCC1)n1c(-c2cccc(N3CCCC3=O)c2)nc2ccccc21. The predicted octanol–water partition coefficient (Wildman–Crippen LogP) is 6.40. The molecule has 2 amide bonds. The van der Waals surface area contributed by atoms with Gasteiger partial charge in [0.2, 0.25) is 11.8 Å². The summed E-state index contributed by atoms with van der Waals surface area (Å²) in [6, 6.07) is 16.4. The van der Waals surface area contributed by atoms with Gasteiger partial charge in [-0.15, -0.1) is 0 Å². The molecule has 6 nitrogen and oxygen atoms in total. The summed E-state index contributed by atoms with van der Waals surface area (Å²) in [7, 11) is 0. The lowest BCUT2D eigenvalue weighted by Crippen LogP contribution is -2.43. The normalized spacial score (nSPS) is 20.4. The molecule has 1 saturated heterocycles. The van der Waals surface area contributed by atoms with Crippen molar-refractivity contribution >= 4 is 28.5 Å². The van der Waals surface area contributed by atoms with Crippen molar-refractivity contribution in [2.75, 3.05) is 11.4 Å². The Morgan fingerprint density at radius 3 is 2.41 bits per heavy atom. The standard InChI is InChI=1S/C31H38N4O2/c36-28-19-10-20-34(28)25-16-9-13-23(21-25)30-33-26-17-7-8-18-27(26)35(30)29(22-11-3-1-4-12-22)31(37)32-24-14-5-2-6-15-24/h7-9,13,16-18,21-22,24,29H,1-6,10-12,14-15,19-20H2,(H,32,37). The molecule has 1 unspecified atom stereocenters. The minimum Gasteiger partial charge on any atom is -0.352 e. The first-order valence-corrected chi connectivity index (χ1v) is 14.4. The third kappa shape index (κ3) is 4.90. The highest BCUT2D eigenvalue weighted by atomic mass is 16.2. The number of hydrogen-bond donors (Lipinski definition) is 1. The number of carbonyl (C=O) groups is 2. The molecule has 194 valence electrons. The van der Waals surface area contributed by atoms with Gasteiger partial charge >= 0.3 is 0 Å². The second-order valence-electron chi connectivity index (χ2n) is 11.2. The maximum atomic E-state index is 14.1. The van der Waals surface area contributed by atoms with E-state index in [1.54, 1.807) is 0 Å². The zero-order chi connectivity index (χ0) is 25.2. The molecule has 3 aliphatic rings. The highest BCUT2D eigenvalue weighted by Crippen LogP contribution is 2.39. The van der Waals surface area contributed by atoms with Crippen LogP contribution in [-0.4, -0.2) is 34.0 Å². The number of nitrogens with zero attached hydrogens (tertiary/aromatic N) is 3. The van der Waals surface area contributed by atoms with Gasteiger partial charge in [-0.3, -0.25) is 9.59 Å². The Hall–Kier alpha value is -3.15. The van der Waals surface area contributed by atoms with Crippen LogP contribution in [0.15, 0.2) is 48.5 Å². The van der Waals surface area contributed by atoms with E-state index in [9.17, 15) is 9.59 Å². The maximum Gasteiger partial charge on any atom is 0.243 e. The van der Waals surface area contributed by atoms with E-state index in [-0.39, 0.29) is 29.8 Å². The van der Waals surface area contributed by atoms with Gasteiger partial charge < -0.3 is 14.8 Å². The Morgan fingerprint density at radius 2 is 1.65 bits per heavy atom. The molecule has 1 N–H and O–H groups in total. The maximum absolute atomic E-state index is 14.1. The summed E-state index contributed by atoms with van der Waals surface area (Å²) < 4.78 is 2.23. The fourth-order valence-electron chi connectivity index (χ4n) is 6.79. The summed E-state index contributed by atoms with van der Waals surface area (Å²) in [6.07, 6.45) is 13.0. The number of aromatic nitrogens is 2. The fraction of sp³-hybridized carbons (Fsp3) is 0.516. The van der Waals surface area contributed by atoms with Gasteiger partial charge in [0.25, 0.3) is 0 Å². The summed E-state index contributed by atoms with van der Waals surface area (Å²) in [5, 5.41) is 3.47. The van der Waals surface area contributed by atoms with Gasteiger partial charge in [-0.1, -0.05) is 62.8 Å². The van der Waals surface area contributed by atoms with E-state index >= 15 is 0 Å². The quantitative estimate of drug-likeness (QED) is 0.428. The van der Waals surface area contributed by atoms with Crippen LogP contribution in [0.4, 0.5) is 5.69 Å². The Labute approximate surface area is 219 Å². The Balaban J connectivity index is 1.45. The monoisotopic (exact) mass is 498 g/mol. The van der Waals surface area contributed by atoms with Crippen molar-refractivity contribution in [1.82, 2.24) is 14.9 Å². The molecule has 6 heteroatoms. The first-order valence-electron chi connectivity index (χ1n) is 14.4. The molecule has 3 aromatic rings. The number of rotatable bonds is 6. The van der Waals surface area contributed by atoms with Crippen LogP contribution >= 0.6 is 0 Å². The average Bonchev–Trinajstić information content (AvgIpc) is 3.54. The Morgan fingerprint density at radius 1 is 0.892 bits per heavy atom. The molecule has 1 atom stereocenters. The van der Waals surface area contributed by atoms with Crippen LogP contribution in [0.5, 0.6) is 0 Å². The number of para-hydroxylation sites is 2. The topological polar surface area (TPSA) is 67.2 Å². The van der Waals surface area contributed by atoms with Crippen LogP contribution < -0.4 is 10.2 Å². The molecule has 0 bridgehead atoms. The zero-order valence-corrected chi connectivity index (χ0v) is 21.7. The van der Waals surface area contributed by atoms with Crippen LogP contribution in [0.25, 0.3) is 22.4 Å². The molecule has 0 spiro atoms. The van der Waals surface area contributed by atoms with Crippen LogP contribution in [-0.2, 0) is 9.59 Å². The molecule has 2 aromatic carbocycles. The summed E-state index contributed by atoms with van der Waals surface area (Å²) in [4.78, 5) is 33.6. The average molecular weight is 499 g/mol. The van der Waals surface area contributed by atoms with Crippen LogP contribution in [0.3, 0.4) is 0 Å². The van der Waals surface area contributed by atoms with Crippen molar-refractivity contribution in [3.8, 4) is 11.4 Å². The molecule has 1 aromatic heterocycles. The summed E-state index contributed by atoms with van der Waals surface area (Å²) in [6.45, 7) is 0.757. The van der Waals surface area contributed by atoms with Crippen LogP contribution in [0, 0.1) is 5.92 Å². The fourth-order valence-corrected chi connectivity index (χ4v) is 6.79. The molecular weight excluding hydrogens is 460 g/mol. The smallest absolute Gasteiger partial charge is 0.243 e. The van der Waals surface area contributed by atoms with Gasteiger partial charge in [0.05, 0.1) is 11.0 Å². The van der Waals surface area contributed by atoms with Crippen LogP contribution in [0.1, 0.15) is 83.1 Å². The van der Waals surface area contributed by atoms with Gasteiger partial charge in [0.15, 0.2) is 0 Å². The van der Waals surface area contributed by atoms with Crippen molar-refractivity contribution in [2.45, 2.75) is 89.1 Å². The van der Waals surface area contributed by atoms with Crippen LogP contribution in [0.2, 0.25) is 0 Å². The van der Waals surface area contributed by atoms with Gasteiger partial charge in [-0.25, -0.2) is 4.98 Å². The van der Waals surface area contributed by atoms with Crippen molar-refractivity contribution in [3.63, 3.8) is 0 Å². The number of anilines is 1. The number of imidazole rings is 1. The first kappa shape index (κ1) is 24.2. The van der Waals surface area contributed by atoms with Crippen molar-refractivity contribution in [3.05, 3.63) is 48.5 Å². The van der Waals surface area contributed by atoms with Gasteiger partial charge in [-0.2, -0.15) is 0 Å². The molecule has 2 saturated carbocycles. The predicted molar refractivity (Wildman–Crippen MR) is 147 cm³/mol. The Bertz CT molecular complexity index is 1270. The van der Waals surface area contributed by atoms with E-state index in [2.05, 4.69) is 28.1 Å². The largest absolute Gasteiger partial charge is 0.352 e. The molecule has 6 rings (SSSR count). The molecule has 0 radical (unpaired) electrons. The zero-order valence-electron chi connectivity index (χ0n) is 21.7. The van der Waals surface area contributed by atoms with E-state index in [0.717, 1.165) is 66.8 Å². The van der Waals surface area contributed by atoms with E-state index in [1.807, 2.05) is 35.2 Å². The minimum absolute atomic E-state index is 0.147. The number of carbonyl (C=O) groups excluding carboxylic acids is 2. The van der Waals surface area contributed by atoms with E-state index in [0.29, 0.717) is 6.42 Å². The lowest BCUT2D eigenvalue weighted by atomic mass is 9.82. The first-order chi connectivity index (χ1) is 18.2. The second-order valence-corrected chi connectivity index (χ2v) is 11.2. The highest BCUT2D eigenvalue weighted by molar-refractivity contribution is 5.96. The van der Waals surface area contributed by atoms with Gasteiger partial charge in [-0.05, 0) is 62.3 Å². The number of hydrogen-bond acceptors (Lipinski definition) is 3. The highest BCUT2D eigenvalue weighted by Gasteiger charge is 2.35. The third-order valence-corrected chi connectivity index (χ3v) is 8.68. The molecule has 3 fully saturated rings. The number of nitrogens with one attached hydrogen (secondary N) is 1. The van der Waals surface area contributed by atoms with Gasteiger partial charge in [0, 0.05) is 30.3 Å². The molecule has 37 heavy (non-hydrogen) atoms. The Kier molecular flexibility index (Phi) is 6.99. The van der Waals surface area contributed by atoms with E-state index < -0.39 is 0 Å². The molecular formula is C31H38N4O2. The molecule has 2 heterocycles. The lowest BCUT2D eigenvalue weighted by molar-refractivity contribution is -0.127. The van der Waals surface area contributed by atoms with Gasteiger partial charge in [0.1, 0.15) is 11.9 Å². The van der Waals surface area contributed by atoms with E-state index in [4.69, 9.17) is 4.98 Å². The minimum atomic E-state index is -0.290. The lowest BCUT2D eigenvalue weighted by Gasteiger charge is -2.34. The summed E-state index contributed by atoms with van der Waals surface area (Å²) in [5.41, 5.74) is 3.79. The molecule has 1 aliphatic heterocycles. The van der Waals surface area contributed by atoms with Crippen molar-refractivity contribution in [1.29, 1.82) is 0 Å². The van der Waals surface area contributed by atoms with Crippen molar-refractivity contribution in [2.24, 2.45) is 5.92 Å². The van der Waals surface area contributed by atoms with E-state index in [1.165, 1.54) is 38.5 Å². The molecule has 2 aliphatic carbocycles. The third-order valence-electron chi connectivity index (χ3n) is 8.68. The number of amides is 2.